The molecule has 3 heteroatoms. The Morgan fingerprint density at radius 2 is 1.72 bits per heavy atom. The van der Waals surface area contributed by atoms with E-state index in [-0.39, 0.29) is 6.04 Å². The van der Waals surface area contributed by atoms with E-state index in [9.17, 15) is 0 Å². The molecule has 0 aliphatic heterocycles. The average molecular weight is 243 g/mol. The lowest BCUT2D eigenvalue weighted by molar-refractivity contribution is 0.494. The molecule has 0 spiro atoms. The molecule has 0 amide bonds. The van der Waals surface area contributed by atoms with Gasteiger partial charge in [0.15, 0.2) is 0 Å². The van der Waals surface area contributed by atoms with Gasteiger partial charge in [-0.05, 0) is 19.8 Å². The first-order valence-electron chi connectivity index (χ1n) is 6.38. The van der Waals surface area contributed by atoms with Crippen LogP contribution in [-0.2, 0) is 0 Å². The van der Waals surface area contributed by atoms with E-state index in [0.717, 1.165) is 22.8 Å². The Morgan fingerprint density at radius 3 is 2.28 bits per heavy atom. The van der Waals surface area contributed by atoms with Crippen LogP contribution in [0, 0.1) is 19.8 Å². The quantitative estimate of drug-likeness (QED) is 0.868. The highest BCUT2D eigenvalue weighted by Gasteiger charge is 2.16. The molecule has 2 aromatic rings. The summed E-state index contributed by atoms with van der Waals surface area (Å²) < 4.78 is 0. The monoisotopic (exact) mass is 243 g/mol. The van der Waals surface area contributed by atoms with Crippen molar-refractivity contribution in [2.75, 3.05) is 0 Å². The van der Waals surface area contributed by atoms with Gasteiger partial charge >= 0.3 is 0 Å². The van der Waals surface area contributed by atoms with Gasteiger partial charge in [-0.3, -0.25) is 0 Å². The molecule has 96 valence electrons. The lowest BCUT2D eigenvalue weighted by Gasteiger charge is -2.11. The maximum atomic E-state index is 6.13. The van der Waals surface area contributed by atoms with E-state index in [2.05, 4.69) is 55.0 Å². The fourth-order valence-electron chi connectivity index (χ4n) is 1.95. The number of nitrogens with zero attached hydrogens (tertiary/aromatic N) is 1. The molecule has 2 rings (SSSR count). The van der Waals surface area contributed by atoms with E-state index in [1.54, 1.807) is 0 Å². The highest BCUT2D eigenvalue weighted by Crippen LogP contribution is 2.25. The van der Waals surface area contributed by atoms with Crippen molar-refractivity contribution in [3.05, 3.63) is 41.3 Å². The second-order valence-corrected chi connectivity index (χ2v) is 5.23. The van der Waals surface area contributed by atoms with E-state index in [1.165, 1.54) is 5.56 Å². The number of aromatic nitrogens is 2. The fourth-order valence-corrected chi connectivity index (χ4v) is 1.95. The van der Waals surface area contributed by atoms with Gasteiger partial charge in [0.05, 0.1) is 11.7 Å². The largest absolute Gasteiger partial charge is 0.344 e. The second-order valence-electron chi connectivity index (χ2n) is 5.23. The van der Waals surface area contributed by atoms with Crippen molar-refractivity contribution in [2.24, 2.45) is 11.7 Å². The molecule has 1 aromatic heterocycles. The molecule has 3 N–H and O–H groups in total. The van der Waals surface area contributed by atoms with Gasteiger partial charge in [-0.15, -0.1) is 0 Å². The summed E-state index contributed by atoms with van der Waals surface area (Å²) in [5.74, 6) is 1.25. The van der Waals surface area contributed by atoms with E-state index in [1.807, 2.05) is 6.92 Å². The van der Waals surface area contributed by atoms with Crippen molar-refractivity contribution in [3.63, 3.8) is 0 Å². The minimum atomic E-state index is -0.0390. The van der Waals surface area contributed by atoms with Crippen molar-refractivity contribution in [1.29, 1.82) is 0 Å². The van der Waals surface area contributed by atoms with E-state index >= 15 is 0 Å². The number of nitrogens with two attached hydrogens (primary N) is 1. The van der Waals surface area contributed by atoms with Crippen LogP contribution in [-0.4, -0.2) is 9.97 Å². The van der Waals surface area contributed by atoms with Crippen LogP contribution >= 0.6 is 0 Å². The predicted octanol–water partition coefficient (Wildman–Crippen LogP) is 3.35. The van der Waals surface area contributed by atoms with Crippen LogP contribution in [0.4, 0.5) is 0 Å². The number of aryl methyl sites for hydroxylation is 2. The van der Waals surface area contributed by atoms with Crippen molar-refractivity contribution < 1.29 is 0 Å². The molecule has 1 heterocycles. The van der Waals surface area contributed by atoms with Gasteiger partial charge in [0.1, 0.15) is 5.82 Å². The summed E-state index contributed by atoms with van der Waals surface area (Å²) in [4.78, 5) is 7.95. The first-order chi connectivity index (χ1) is 8.49. The molecule has 0 bridgehead atoms. The zero-order valence-corrected chi connectivity index (χ0v) is 11.5. The van der Waals surface area contributed by atoms with Crippen molar-refractivity contribution in [1.82, 2.24) is 9.97 Å². The Balaban J connectivity index is 2.38. The van der Waals surface area contributed by atoms with Crippen LogP contribution in [0.2, 0.25) is 0 Å². The Labute approximate surface area is 108 Å². The zero-order chi connectivity index (χ0) is 13.3. The minimum absolute atomic E-state index is 0.0390. The van der Waals surface area contributed by atoms with E-state index in [0.29, 0.717) is 5.92 Å². The third kappa shape index (κ3) is 2.46. The first-order valence-corrected chi connectivity index (χ1v) is 6.38. The molecular weight excluding hydrogens is 222 g/mol. The van der Waals surface area contributed by atoms with Crippen LogP contribution in [0.15, 0.2) is 24.3 Å². The van der Waals surface area contributed by atoms with Crippen LogP contribution in [0.1, 0.15) is 37.0 Å². The molecule has 18 heavy (non-hydrogen) atoms. The number of aromatic amines is 1. The summed E-state index contributed by atoms with van der Waals surface area (Å²) in [6, 6.07) is 8.37. The number of H-pyrrole nitrogens is 1. The predicted molar refractivity (Wildman–Crippen MR) is 75.3 cm³/mol. The van der Waals surface area contributed by atoms with Gasteiger partial charge in [-0.2, -0.15) is 0 Å². The molecule has 3 nitrogen and oxygen atoms in total. The van der Waals surface area contributed by atoms with Gasteiger partial charge in [0.25, 0.3) is 0 Å². The summed E-state index contributed by atoms with van der Waals surface area (Å²) in [6.45, 7) is 8.34. The number of rotatable bonds is 3. The highest BCUT2D eigenvalue weighted by molar-refractivity contribution is 5.62. The number of nitrogens with one attached hydrogen (secondary N) is 1. The topological polar surface area (TPSA) is 54.7 Å². The lowest BCUT2D eigenvalue weighted by Crippen LogP contribution is -2.18. The summed E-state index contributed by atoms with van der Waals surface area (Å²) in [5.41, 5.74) is 10.6. The number of benzene rings is 1. The van der Waals surface area contributed by atoms with Gasteiger partial charge < -0.3 is 10.7 Å². The second kappa shape index (κ2) is 4.94. The molecule has 0 saturated heterocycles. The van der Waals surface area contributed by atoms with Crippen LogP contribution in [0.5, 0.6) is 0 Å². The maximum Gasteiger partial charge on any atom is 0.124 e. The summed E-state index contributed by atoms with van der Waals surface area (Å²) in [6.07, 6.45) is 0. The van der Waals surface area contributed by atoms with Gasteiger partial charge in [-0.1, -0.05) is 43.7 Å². The minimum Gasteiger partial charge on any atom is -0.344 e. The molecule has 0 saturated carbocycles. The lowest BCUT2D eigenvalue weighted by atomic mass is 10.1. The molecule has 0 aliphatic rings. The zero-order valence-electron chi connectivity index (χ0n) is 11.5. The third-order valence-corrected chi connectivity index (χ3v) is 3.26. The molecule has 0 radical (unpaired) electrons. The normalized spacial score (nSPS) is 13.0. The van der Waals surface area contributed by atoms with Crippen molar-refractivity contribution in [3.8, 4) is 11.3 Å². The third-order valence-electron chi connectivity index (χ3n) is 3.26. The van der Waals surface area contributed by atoms with E-state index < -0.39 is 0 Å². The first kappa shape index (κ1) is 12.8. The SMILES string of the molecule is Cc1ccc(-c2nc(C(N)C(C)C)[nH]c2C)cc1. The number of imidazole rings is 1. The van der Waals surface area contributed by atoms with Crippen LogP contribution < -0.4 is 5.73 Å². The number of hydrogen-bond donors (Lipinski definition) is 2. The van der Waals surface area contributed by atoms with Crippen molar-refractivity contribution in [2.45, 2.75) is 33.7 Å². The molecule has 1 atom stereocenters. The van der Waals surface area contributed by atoms with Gasteiger partial charge in [0.2, 0.25) is 0 Å². The summed E-state index contributed by atoms with van der Waals surface area (Å²) >= 11 is 0. The smallest absolute Gasteiger partial charge is 0.124 e. The fraction of sp³-hybridized carbons (Fsp3) is 0.400. The molecule has 0 fully saturated rings. The average Bonchev–Trinajstić information content (AvgIpc) is 2.71. The van der Waals surface area contributed by atoms with Gasteiger partial charge in [0, 0.05) is 11.3 Å². The molecule has 1 aromatic carbocycles. The van der Waals surface area contributed by atoms with E-state index in [4.69, 9.17) is 5.73 Å². The Morgan fingerprint density at radius 1 is 1.11 bits per heavy atom. The summed E-state index contributed by atoms with van der Waals surface area (Å²) in [7, 11) is 0. The van der Waals surface area contributed by atoms with Crippen molar-refractivity contribution >= 4 is 0 Å². The van der Waals surface area contributed by atoms with Crippen LogP contribution in [0.25, 0.3) is 11.3 Å². The Hall–Kier alpha value is -1.61. The molecule has 1 unspecified atom stereocenters. The number of hydrogen-bond acceptors (Lipinski definition) is 2. The Bertz CT molecular complexity index is 523. The Kier molecular flexibility index (Phi) is 3.53. The maximum absolute atomic E-state index is 6.13. The summed E-state index contributed by atoms with van der Waals surface area (Å²) in [5, 5.41) is 0. The van der Waals surface area contributed by atoms with Crippen LogP contribution in [0.3, 0.4) is 0 Å². The highest BCUT2D eigenvalue weighted by atomic mass is 15.0. The molecular formula is C15H21N3. The standard InChI is InChI=1S/C15H21N3/c1-9(2)13(16)15-17-11(4)14(18-15)12-7-5-10(3)6-8-12/h5-9,13H,16H2,1-4H3,(H,17,18). The van der Waals surface area contributed by atoms with Gasteiger partial charge in [-0.25, -0.2) is 4.98 Å². The molecule has 0 aliphatic carbocycles.